The van der Waals surface area contributed by atoms with Crippen molar-refractivity contribution < 1.29 is 4.74 Å². The first-order valence-electron chi connectivity index (χ1n) is 7.46. The maximum atomic E-state index is 12.6. The molecular weight excluding hydrogens is 358 g/mol. The van der Waals surface area contributed by atoms with Crippen molar-refractivity contribution in [2.45, 2.75) is 0 Å². The second-order valence-corrected chi connectivity index (χ2v) is 6.71. The van der Waals surface area contributed by atoms with E-state index in [2.05, 4.69) is 10.1 Å². The number of hydrogen-bond acceptors (Lipinski definition) is 5. The van der Waals surface area contributed by atoms with E-state index in [4.69, 9.17) is 16.3 Å². The standard InChI is InChI=1S/C18H12ClN3O2S/c1-24-12-8-6-11(7-9-12)10-15-17(23)22-18(25-15)20-16(21-22)13-4-2-3-5-14(13)19/h2-10H,1H3. The number of rotatable bonds is 3. The molecule has 2 aromatic heterocycles. The molecule has 4 aromatic rings. The third-order valence-corrected chi connectivity index (χ3v) is 5.00. The van der Waals surface area contributed by atoms with E-state index >= 15 is 0 Å². The van der Waals surface area contributed by atoms with E-state index in [9.17, 15) is 4.79 Å². The maximum Gasteiger partial charge on any atom is 0.291 e. The van der Waals surface area contributed by atoms with Gasteiger partial charge < -0.3 is 4.74 Å². The Morgan fingerprint density at radius 1 is 1.16 bits per heavy atom. The molecule has 0 fully saturated rings. The molecule has 0 unspecified atom stereocenters. The summed E-state index contributed by atoms with van der Waals surface area (Å²) < 4.78 is 7.03. The number of benzene rings is 2. The van der Waals surface area contributed by atoms with Crippen molar-refractivity contribution in [3.63, 3.8) is 0 Å². The third kappa shape index (κ3) is 2.90. The summed E-state index contributed by atoms with van der Waals surface area (Å²) in [5, 5.41) is 4.87. The predicted octanol–water partition coefficient (Wildman–Crippen LogP) is 3.03. The number of ether oxygens (including phenoxy) is 1. The molecule has 0 atom stereocenters. The average molecular weight is 370 g/mol. The van der Waals surface area contributed by atoms with Crippen molar-refractivity contribution in [2.24, 2.45) is 0 Å². The van der Waals surface area contributed by atoms with Crippen LogP contribution in [0.4, 0.5) is 0 Å². The molecule has 7 heteroatoms. The van der Waals surface area contributed by atoms with Gasteiger partial charge in [0.25, 0.3) is 5.56 Å². The van der Waals surface area contributed by atoms with Crippen molar-refractivity contribution in [1.29, 1.82) is 0 Å². The zero-order valence-corrected chi connectivity index (χ0v) is 14.7. The summed E-state index contributed by atoms with van der Waals surface area (Å²) in [4.78, 5) is 17.5. The zero-order chi connectivity index (χ0) is 17.4. The highest BCUT2D eigenvalue weighted by atomic mass is 35.5. The Labute approximate surface area is 151 Å². The van der Waals surface area contributed by atoms with Gasteiger partial charge in [-0.05, 0) is 35.9 Å². The van der Waals surface area contributed by atoms with Gasteiger partial charge in [-0.2, -0.15) is 9.50 Å². The van der Waals surface area contributed by atoms with Crippen molar-refractivity contribution in [3.05, 3.63) is 74.0 Å². The van der Waals surface area contributed by atoms with Gasteiger partial charge in [0.1, 0.15) is 5.75 Å². The summed E-state index contributed by atoms with van der Waals surface area (Å²) in [6.07, 6.45) is 1.82. The van der Waals surface area contributed by atoms with Crippen LogP contribution < -0.4 is 14.8 Å². The third-order valence-electron chi connectivity index (χ3n) is 3.71. The van der Waals surface area contributed by atoms with Gasteiger partial charge in [0, 0.05) is 5.56 Å². The highest BCUT2D eigenvalue weighted by molar-refractivity contribution is 7.15. The van der Waals surface area contributed by atoms with Crippen LogP contribution in [-0.2, 0) is 0 Å². The van der Waals surface area contributed by atoms with Gasteiger partial charge in [0.05, 0.1) is 16.7 Å². The molecule has 2 heterocycles. The SMILES string of the molecule is COc1ccc(C=c2sc3nc(-c4ccccc4Cl)nn3c2=O)cc1. The van der Waals surface area contributed by atoms with E-state index in [-0.39, 0.29) is 5.56 Å². The van der Waals surface area contributed by atoms with Gasteiger partial charge >= 0.3 is 0 Å². The smallest absolute Gasteiger partial charge is 0.291 e. The number of hydrogen-bond donors (Lipinski definition) is 0. The molecule has 0 spiro atoms. The predicted molar refractivity (Wildman–Crippen MR) is 99.4 cm³/mol. The lowest BCUT2D eigenvalue weighted by Crippen LogP contribution is -2.23. The molecule has 0 saturated carbocycles. The summed E-state index contributed by atoms with van der Waals surface area (Å²) in [6, 6.07) is 14.8. The number of halogens is 1. The Morgan fingerprint density at radius 3 is 2.60 bits per heavy atom. The largest absolute Gasteiger partial charge is 0.497 e. The monoisotopic (exact) mass is 369 g/mol. The number of aromatic nitrogens is 3. The van der Waals surface area contributed by atoms with Crippen LogP contribution in [0.2, 0.25) is 5.02 Å². The lowest BCUT2D eigenvalue weighted by Gasteiger charge is -1.98. The highest BCUT2D eigenvalue weighted by Crippen LogP contribution is 2.25. The molecule has 0 N–H and O–H groups in total. The molecule has 0 aliphatic rings. The van der Waals surface area contributed by atoms with Crippen LogP contribution in [0.5, 0.6) is 5.75 Å². The first-order chi connectivity index (χ1) is 12.2. The van der Waals surface area contributed by atoms with Gasteiger partial charge in [0.2, 0.25) is 4.96 Å². The molecule has 0 amide bonds. The van der Waals surface area contributed by atoms with E-state index in [1.807, 2.05) is 48.5 Å². The summed E-state index contributed by atoms with van der Waals surface area (Å²) in [5.74, 6) is 1.22. The Balaban J connectivity index is 1.79. The van der Waals surface area contributed by atoms with Crippen LogP contribution >= 0.6 is 22.9 Å². The molecule has 124 valence electrons. The van der Waals surface area contributed by atoms with Crippen molar-refractivity contribution in [2.75, 3.05) is 7.11 Å². The van der Waals surface area contributed by atoms with Crippen molar-refractivity contribution in [3.8, 4) is 17.1 Å². The molecule has 4 rings (SSSR count). The molecule has 2 aromatic carbocycles. The van der Waals surface area contributed by atoms with Crippen LogP contribution in [0.1, 0.15) is 5.56 Å². The van der Waals surface area contributed by atoms with Gasteiger partial charge in [0.15, 0.2) is 5.82 Å². The quantitative estimate of drug-likeness (QED) is 0.557. The summed E-state index contributed by atoms with van der Waals surface area (Å²) in [5.41, 5.74) is 1.43. The molecule has 0 radical (unpaired) electrons. The molecular formula is C18H12ClN3O2S. The van der Waals surface area contributed by atoms with Gasteiger partial charge in [-0.3, -0.25) is 4.79 Å². The molecule has 0 aliphatic heterocycles. The van der Waals surface area contributed by atoms with Crippen LogP contribution in [0.3, 0.4) is 0 Å². The lowest BCUT2D eigenvalue weighted by atomic mass is 10.2. The Kier molecular flexibility index (Phi) is 3.99. The first-order valence-corrected chi connectivity index (χ1v) is 8.65. The second-order valence-electron chi connectivity index (χ2n) is 5.30. The number of thiazole rings is 1. The summed E-state index contributed by atoms with van der Waals surface area (Å²) in [6.45, 7) is 0. The number of fused-ring (bicyclic) bond motifs is 1. The van der Waals surface area contributed by atoms with E-state index in [1.54, 1.807) is 13.2 Å². The Morgan fingerprint density at radius 2 is 1.92 bits per heavy atom. The van der Waals surface area contributed by atoms with Gasteiger partial charge in [-0.25, -0.2) is 0 Å². The normalized spacial score (nSPS) is 12.0. The minimum Gasteiger partial charge on any atom is -0.497 e. The second kappa shape index (κ2) is 6.31. The Hall–Kier alpha value is -2.70. The maximum absolute atomic E-state index is 12.6. The van der Waals surface area contributed by atoms with E-state index in [0.717, 1.165) is 11.3 Å². The van der Waals surface area contributed by atoms with Crippen molar-refractivity contribution >= 4 is 34.0 Å². The molecule has 0 aliphatic carbocycles. The first kappa shape index (κ1) is 15.8. The summed E-state index contributed by atoms with van der Waals surface area (Å²) in [7, 11) is 1.62. The molecule has 25 heavy (non-hydrogen) atoms. The van der Waals surface area contributed by atoms with Gasteiger partial charge in [-0.1, -0.05) is 47.2 Å². The minimum absolute atomic E-state index is 0.193. The van der Waals surface area contributed by atoms with E-state index < -0.39 is 0 Å². The fourth-order valence-corrected chi connectivity index (χ4v) is 3.57. The molecule has 0 saturated heterocycles. The van der Waals surface area contributed by atoms with Crippen molar-refractivity contribution in [1.82, 2.24) is 14.6 Å². The lowest BCUT2D eigenvalue weighted by molar-refractivity contribution is 0.415. The van der Waals surface area contributed by atoms with Crippen LogP contribution in [0, 0.1) is 0 Å². The summed E-state index contributed by atoms with van der Waals surface area (Å²) >= 11 is 7.47. The fourth-order valence-electron chi connectivity index (χ4n) is 2.44. The Bertz CT molecular complexity index is 1170. The molecule has 0 bridgehead atoms. The highest BCUT2D eigenvalue weighted by Gasteiger charge is 2.13. The van der Waals surface area contributed by atoms with Gasteiger partial charge in [-0.15, -0.1) is 5.10 Å². The number of methoxy groups -OCH3 is 1. The topological polar surface area (TPSA) is 56.5 Å². The average Bonchev–Trinajstić information content (AvgIpc) is 3.16. The fraction of sp³-hybridized carbons (Fsp3) is 0.0556. The zero-order valence-electron chi connectivity index (χ0n) is 13.1. The van der Waals surface area contributed by atoms with E-state index in [1.165, 1.54) is 15.9 Å². The van der Waals surface area contributed by atoms with E-state index in [0.29, 0.717) is 25.9 Å². The van der Waals surface area contributed by atoms with Crippen LogP contribution in [0.15, 0.2) is 53.3 Å². The molecule has 5 nitrogen and oxygen atoms in total. The number of nitrogens with zero attached hydrogens (tertiary/aromatic N) is 3. The minimum atomic E-state index is -0.193. The van der Waals surface area contributed by atoms with Crippen LogP contribution in [0.25, 0.3) is 22.4 Å². The van der Waals surface area contributed by atoms with Crippen LogP contribution in [-0.4, -0.2) is 21.7 Å².